The van der Waals surface area contributed by atoms with Crippen molar-refractivity contribution in [2.75, 3.05) is 13.3 Å². The molecule has 0 aromatic rings. The van der Waals surface area contributed by atoms with Crippen LogP contribution in [0.4, 0.5) is 26.5 Å². The van der Waals surface area contributed by atoms with Gasteiger partial charge in [-0.25, -0.2) is 8.78 Å². The van der Waals surface area contributed by atoms with Gasteiger partial charge in [-0.1, -0.05) is 13.3 Å². The van der Waals surface area contributed by atoms with Gasteiger partial charge in [0.15, 0.2) is 0 Å². The summed E-state index contributed by atoms with van der Waals surface area (Å²) < 4.78 is 69.4. The van der Waals surface area contributed by atoms with E-state index >= 15 is 0 Å². The molecule has 0 fully saturated rings. The van der Waals surface area contributed by atoms with Crippen molar-refractivity contribution >= 4 is 0 Å². The molecule has 0 amide bonds. The standard InChI is InChI=1S/C6H9F5.C2H5FO/c1-2-3-5(8,4-7)6(9,10)11;1-2-4-3/h2-4H2,1H3;2H2,1H3. The van der Waals surface area contributed by atoms with Gasteiger partial charge in [-0.2, -0.15) is 18.1 Å². The fourth-order valence-electron chi connectivity index (χ4n) is 0.681. The maximum atomic E-state index is 12.5. The average Bonchev–Trinajstić information content (AvgIpc) is 2.17. The number of alkyl halides is 5. The molecule has 0 aliphatic heterocycles. The van der Waals surface area contributed by atoms with Crippen LogP contribution < -0.4 is 0 Å². The molecule has 0 aromatic carbocycles. The Morgan fingerprint density at radius 1 is 1.07 bits per heavy atom. The highest BCUT2D eigenvalue weighted by atomic mass is 19.4. The molecule has 0 aliphatic rings. The molecule has 1 nitrogen and oxygen atoms in total. The molecule has 0 heterocycles. The lowest BCUT2D eigenvalue weighted by Crippen LogP contribution is -2.42. The molecule has 1 unspecified atom stereocenters. The van der Waals surface area contributed by atoms with Crippen LogP contribution in [0.25, 0.3) is 0 Å². The van der Waals surface area contributed by atoms with Crippen LogP contribution in [0.3, 0.4) is 0 Å². The summed E-state index contributed by atoms with van der Waals surface area (Å²) in [5, 5.41) is 0. The van der Waals surface area contributed by atoms with Crippen LogP contribution in [0.1, 0.15) is 26.7 Å². The summed E-state index contributed by atoms with van der Waals surface area (Å²) in [6.07, 6.45) is -5.93. The summed E-state index contributed by atoms with van der Waals surface area (Å²) in [6, 6.07) is 0. The molecule has 0 rings (SSSR count). The molecule has 0 bridgehead atoms. The molecule has 0 spiro atoms. The van der Waals surface area contributed by atoms with E-state index in [9.17, 15) is 26.5 Å². The predicted molar refractivity (Wildman–Crippen MR) is 43.5 cm³/mol. The molecule has 0 aromatic heterocycles. The molecular formula is C8H14F6O. The normalized spacial score (nSPS) is 15.2. The molecule has 94 valence electrons. The maximum absolute atomic E-state index is 12.5. The van der Waals surface area contributed by atoms with E-state index in [0.29, 0.717) is 0 Å². The third kappa shape index (κ3) is 6.59. The van der Waals surface area contributed by atoms with E-state index in [1.54, 1.807) is 6.92 Å². The van der Waals surface area contributed by atoms with Gasteiger partial charge in [0.05, 0.1) is 6.61 Å². The zero-order chi connectivity index (χ0) is 12.5. The second-order valence-corrected chi connectivity index (χ2v) is 2.74. The van der Waals surface area contributed by atoms with Crippen molar-refractivity contribution in [1.29, 1.82) is 0 Å². The minimum absolute atomic E-state index is 0.0278. The van der Waals surface area contributed by atoms with Gasteiger partial charge in [-0.05, 0) is 17.9 Å². The second kappa shape index (κ2) is 7.78. The van der Waals surface area contributed by atoms with Crippen molar-refractivity contribution in [3.8, 4) is 0 Å². The van der Waals surface area contributed by atoms with E-state index in [1.165, 1.54) is 6.92 Å². The summed E-state index contributed by atoms with van der Waals surface area (Å²) in [7, 11) is 0. The number of halogens is 6. The Hall–Kier alpha value is -0.460. The highest BCUT2D eigenvalue weighted by molar-refractivity contribution is 4.85. The van der Waals surface area contributed by atoms with Gasteiger partial charge in [0.25, 0.3) is 0 Å². The minimum Gasteiger partial charge on any atom is -0.247 e. The van der Waals surface area contributed by atoms with Gasteiger partial charge in [0.2, 0.25) is 5.67 Å². The first-order chi connectivity index (χ1) is 6.79. The first-order valence-corrected chi connectivity index (χ1v) is 4.34. The molecule has 0 saturated carbocycles. The second-order valence-electron chi connectivity index (χ2n) is 2.74. The van der Waals surface area contributed by atoms with Crippen molar-refractivity contribution < 1.29 is 31.4 Å². The van der Waals surface area contributed by atoms with Crippen LogP contribution in [-0.2, 0) is 4.94 Å². The van der Waals surface area contributed by atoms with Crippen molar-refractivity contribution in [2.45, 2.75) is 38.5 Å². The molecule has 0 N–H and O–H groups in total. The van der Waals surface area contributed by atoms with Crippen LogP contribution in [-0.4, -0.2) is 25.1 Å². The highest BCUT2D eigenvalue weighted by Gasteiger charge is 2.55. The summed E-state index contributed by atoms with van der Waals surface area (Å²) >= 11 is 0. The summed E-state index contributed by atoms with van der Waals surface area (Å²) in [5.74, 6) is 0. The fourth-order valence-corrected chi connectivity index (χ4v) is 0.681. The first-order valence-electron chi connectivity index (χ1n) is 4.34. The third-order valence-electron chi connectivity index (χ3n) is 1.48. The lowest BCUT2D eigenvalue weighted by atomic mass is 10.0. The lowest BCUT2D eigenvalue weighted by molar-refractivity contribution is -0.237. The SMILES string of the molecule is CCCC(F)(CF)C(F)(F)F.CCOF. The Morgan fingerprint density at radius 3 is 1.53 bits per heavy atom. The maximum Gasteiger partial charge on any atom is 0.425 e. The molecular weight excluding hydrogens is 226 g/mol. The largest absolute Gasteiger partial charge is 0.425 e. The van der Waals surface area contributed by atoms with Crippen molar-refractivity contribution in [3.63, 3.8) is 0 Å². The quantitative estimate of drug-likeness (QED) is 0.676. The first kappa shape index (κ1) is 17.0. The van der Waals surface area contributed by atoms with E-state index in [0.717, 1.165) is 0 Å². The molecule has 0 radical (unpaired) electrons. The average molecular weight is 240 g/mol. The molecule has 1 atom stereocenters. The Kier molecular flexibility index (Phi) is 8.80. The number of hydrogen-bond donors (Lipinski definition) is 0. The van der Waals surface area contributed by atoms with Crippen molar-refractivity contribution in [3.05, 3.63) is 0 Å². The Balaban J connectivity index is 0. The zero-order valence-electron chi connectivity index (χ0n) is 8.50. The zero-order valence-corrected chi connectivity index (χ0v) is 8.50. The number of rotatable bonds is 4. The molecule has 15 heavy (non-hydrogen) atoms. The lowest BCUT2D eigenvalue weighted by Gasteiger charge is -2.23. The van der Waals surface area contributed by atoms with E-state index < -0.39 is 24.9 Å². The smallest absolute Gasteiger partial charge is 0.247 e. The molecule has 0 aliphatic carbocycles. The Bertz CT molecular complexity index is 147. The van der Waals surface area contributed by atoms with Crippen molar-refractivity contribution in [2.24, 2.45) is 0 Å². The van der Waals surface area contributed by atoms with Crippen LogP contribution >= 0.6 is 0 Å². The van der Waals surface area contributed by atoms with Crippen molar-refractivity contribution in [1.82, 2.24) is 0 Å². The van der Waals surface area contributed by atoms with Crippen LogP contribution in [0.5, 0.6) is 0 Å². The Labute approximate surface area is 84.3 Å². The molecule has 7 heteroatoms. The van der Waals surface area contributed by atoms with Gasteiger partial charge < -0.3 is 0 Å². The summed E-state index contributed by atoms with van der Waals surface area (Å²) in [5.41, 5.74) is -3.64. The van der Waals surface area contributed by atoms with Gasteiger partial charge in [-0.15, -0.1) is 0 Å². The third-order valence-corrected chi connectivity index (χ3v) is 1.48. The monoisotopic (exact) mass is 240 g/mol. The Morgan fingerprint density at radius 2 is 1.47 bits per heavy atom. The fraction of sp³-hybridized carbons (Fsp3) is 1.00. The summed E-state index contributed by atoms with van der Waals surface area (Å²) in [4.78, 5) is 3.04. The molecule has 0 saturated heterocycles. The van der Waals surface area contributed by atoms with Gasteiger partial charge in [0.1, 0.15) is 6.67 Å². The topological polar surface area (TPSA) is 9.23 Å². The van der Waals surface area contributed by atoms with Gasteiger partial charge in [-0.3, -0.25) is 0 Å². The van der Waals surface area contributed by atoms with Crippen LogP contribution in [0.2, 0.25) is 0 Å². The van der Waals surface area contributed by atoms with E-state index in [2.05, 4.69) is 4.94 Å². The minimum atomic E-state index is -5.09. The van der Waals surface area contributed by atoms with Gasteiger partial charge >= 0.3 is 6.18 Å². The predicted octanol–water partition coefficient (Wildman–Crippen LogP) is 3.93. The van der Waals surface area contributed by atoms with E-state index in [-0.39, 0.29) is 13.0 Å². The highest BCUT2D eigenvalue weighted by Crippen LogP contribution is 2.37. The van der Waals surface area contributed by atoms with E-state index in [1.807, 2.05) is 0 Å². The van der Waals surface area contributed by atoms with Crippen LogP contribution in [0.15, 0.2) is 0 Å². The van der Waals surface area contributed by atoms with Crippen LogP contribution in [0, 0.1) is 0 Å². The summed E-state index contributed by atoms with van der Waals surface area (Å²) in [6.45, 7) is 1.11. The van der Waals surface area contributed by atoms with E-state index in [4.69, 9.17) is 0 Å². The number of hydrogen-bond acceptors (Lipinski definition) is 1. The van der Waals surface area contributed by atoms with Gasteiger partial charge in [0, 0.05) is 0 Å².